The number of hydrogen-bond acceptors (Lipinski definition) is 6. The zero-order valence-electron chi connectivity index (χ0n) is 15.7. The van der Waals surface area contributed by atoms with Gasteiger partial charge in [-0.3, -0.25) is 14.9 Å². The molecule has 0 aliphatic carbocycles. The highest BCUT2D eigenvalue weighted by Gasteiger charge is 2.16. The van der Waals surface area contributed by atoms with Crippen LogP contribution in [0.5, 0.6) is 0 Å². The van der Waals surface area contributed by atoms with Crippen molar-refractivity contribution in [3.63, 3.8) is 0 Å². The van der Waals surface area contributed by atoms with Gasteiger partial charge in [-0.2, -0.15) is 0 Å². The summed E-state index contributed by atoms with van der Waals surface area (Å²) < 4.78 is 5.05. The molecule has 0 saturated heterocycles. The molecule has 1 aromatic carbocycles. The number of anilines is 1. The Morgan fingerprint density at radius 3 is 2.64 bits per heavy atom. The molecule has 0 aliphatic rings. The van der Waals surface area contributed by atoms with E-state index in [2.05, 4.69) is 20.5 Å². The van der Waals surface area contributed by atoms with E-state index in [0.29, 0.717) is 17.4 Å². The van der Waals surface area contributed by atoms with E-state index in [1.165, 1.54) is 17.6 Å². The number of carbonyl (C=O) groups is 2. The summed E-state index contributed by atoms with van der Waals surface area (Å²) in [6.07, 6.45) is 1.59. The van der Waals surface area contributed by atoms with Gasteiger partial charge < -0.3 is 14.6 Å². The van der Waals surface area contributed by atoms with Crippen LogP contribution in [0.3, 0.4) is 0 Å². The number of aromatic nitrogens is 1. The van der Waals surface area contributed by atoms with Gasteiger partial charge in [-0.25, -0.2) is 4.98 Å². The standard InChI is InChI=1S/C20H22N4O3S/c1-24(2)16(14-7-4-3-5-8-14)12-21-18(25)11-15-13-28-20(22-15)23-19(26)17-9-6-10-27-17/h3-10,13,16H,11-12H2,1-2H3,(H,21,25)(H,22,23,26). The number of rotatable bonds is 8. The first-order chi connectivity index (χ1) is 13.5. The molecule has 146 valence electrons. The lowest BCUT2D eigenvalue weighted by atomic mass is 10.1. The average Bonchev–Trinajstić information content (AvgIpc) is 3.35. The number of amides is 2. The number of benzene rings is 1. The molecule has 0 spiro atoms. The first-order valence-corrected chi connectivity index (χ1v) is 9.68. The zero-order chi connectivity index (χ0) is 19.9. The molecule has 28 heavy (non-hydrogen) atoms. The van der Waals surface area contributed by atoms with Crippen LogP contribution in [0.1, 0.15) is 27.9 Å². The summed E-state index contributed by atoms with van der Waals surface area (Å²) in [5.74, 6) is -0.269. The smallest absolute Gasteiger partial charge is 0.293 e. The summed E-state index contributed by atoms with van der Waals surface area (Å²) in [4.78, 5) is 30.6. The van der Waals surface area contributed by atoms with Crippen molar-refractivity contribution in [2.75, 3.05) is 26.0 Å². The average molecular weight is 398 g/mol. The minimum Gasteiger partial charge on any atom is -0.459 e. The van der Waals surface area contributed by atoms with Gasteiger partial charge >= 0.3 is 0 Å². The fourth-order valence-electron chi connectivity index (χ4n) is 2.72. The van der Waals surface area contributed by atoms with Crippen molar-refractivity contribution in [2.45, 2.75) is 12.5 Å². The minimum absolute atomic E-state index is 0.0868. The Morgan fingerprint density at radius 2 is 1.96 bits per heavy atom. The van der Waals surface area contributed by atoms with Gasteiger partial charge in [0.25, 0.3) is 5.91 Å². The highest BCUT2D eigenvalue weighted by atomic mass is 32.1. The van der Waals surface area contributed by atoms with E-state index in [-0.39, 0.29) is 30.0 Å². The van der Waals surface area contributed by atoms with Gasteiger partial charge in [-0.1, -0.05) is 30.3 Å². The van der Waals surface area contributed by atoms with Gasteiger partial charge in [0.1, 0.15) is 0 Å². The monoisotopic (exact) mass is 398 g/mol. The van der Waals surface area contributed by atoms with Crippen molar-refractivity contribution in [2.24, 2.45) is 0 Å². The molecule has 1 atom stereocenters. The van der Waals surface area contributed by atoms with Crippen LogP contribution in [-0.4, -0.2) is 42.3 Å². The second-order valence-electron chi connectivity index (χ2n) is 6.45. The molecule has 0 bridgehead atoms. The molecule has 2 heterocycles. The highest BCUT2D eigenvalue weighted by Crippen LogP contribution is 2.18. The second kappa shape index (κ2) is 9.29. The van der Waals surface area contributed by atoms with E-state index >= 15 is 0 Å². The van der Waals surface area contributed by atoms with Crippen molar-refractivity contribution >= 4 is 28.3 Å². The molecule has 8 heteroatoms. The largest absolute Gasteiger partial charge is 0.459 e. The first-order valence-electron chi connectivity index (χ1n) is 8.80. The number of nitrogens with one attached hydrogen (secondary N) is 2. The molecule has 7 nitrogen and oxygen atoms in total. The summed E-state index contributed by atoms with van der Waals surface area (Å²) >= 11 is 1.27. The normalized spacial score (nSPS) is 12.0. The Hall–Kier alpha value is -2.97. The fraction of sp³-hybridized carbons (Fsp3) is 0.250. The molecule has 0 fully saturated rings. The lowest BCUT2D eigenvalue weighted by Gasteiger charge is -2.25. The van der Waals surface area contributed by atoms with Crippen molar-refractivity contribution in [1.82, 2.24) is 15.2 Å². The van der Waals surface area contributed by atoms with Crippen LogP contribution in [0.2, 0.25) is 0 Å². The van der Waals surface area contributed by atoms with Crippen molar-refractivity contribution in [3.05, 3.63) is 71.1 Å². The summed E-state index contributed by atoms with van der Waals surface area (Å²) in [5.41, 5.74) is 1.75. The van der Waals surface area contributed by atoms with Gasteiger partial charge in [-0.05, 0) is 31.8 Å². The molecule has 2 aromatic heterocycles. The number of likely N-dealkylation sites (N-methyl/N-ethyl adjacent to an activating group) is 1. The van der Waals surface area contributed by atoms with Crippen molar-refractivity contribution < 1.29 is 14.0 Å². The predicted octanol–water partition coefficient (Wildman–Crippen LogP) is 2.95. The Balaban J connectivity index is 1.52. The van der Waals surface area contributed by atoms with Crippen LogP contribution in [0.4, 0.5) is 5.13 Å². The molecule has 3 rings (SSSR count). The first kappa shape index (κ1) is 19.8. The third-order valence-corrected chi connectivity index (χ3v) is 4.97. The van der Waals surface area contributed by atoms with Gasteiger partial charge in [0, 0.05) is 11.9 Å². The maximum atomic E-state index is 12.3. The lowest BCUT2D eigenvalue weighted by molar-refractivity contribution is -0.120. The van der Waals surface area contributed by atoms with Crippen LogP contribution >= 0.6 is 11.3 Å². The summed E-state index contributed by atoms with van der Waals surface area (Å²) in [6, 6.07) is 13.3. The predicted molar refractivity (Wildman–Crippen MR) is 108 cm³/mol. The van der Waals surface area contributed by atoms with Gasteiger partial charge in [0.05, 0.1) is 24.4 Å². The van der Waals surface area contributed by atoms with Crippen LogP contribution in [0.15, 0.2) is 58.5 Å². The third-order valence-electron chi connectivity index (χ3n) is 4.16. The Bertz CT molecular complexity index is 907. The second-order valence-corrected chi connectivity index (χ2v) is 7.30. The molecule has 2 N–H and O–H groups in total. The highest BCUT2D eigenvalue weighted by molar-refractivity contribution is 7.14. The summed E-state index contributed by atoms with van der Waals surface area (Å²) in [7, 11) is 3.97. The maximum absolute atomic E-state index is 12.3. The quantitative estimate of drug-likeness (QED) is 0.609. The van der Waals surface area contributed by atoms with Gasteiger partial charge in [-0.15, -0.1) is 11.3 Å². The number of hydrogen-bond donors (Lipinski definition) is 2. The van der Waals surface area contributed by atoms with E-state index < -0.39 is 0 Å². The summed E-state index contributed by atoms with van der Waals surface area (Å²) in [5, 5.41) is 7.82. The molecule has 0 aliphatic heterocycles. The van der Waals surface area contributed by atoms with Crippen LogP contribution < -0.4 is 10.6 Å². The van der Waals surface area contributed by atoms with Crippen LogP contribution in [0, 0.1) is 0 Å². The molecule has 1 unspecified atom stereocenters. The lowest BCUT2D eigenvalue weighted by Crippen LogP contribution is -2.35. The van der Waals surface area contributed by atoms with E-state index in [1.54, 1.807) is 17.5 Å². The Morgan fingerprint density at radius 1 is 1.18 bits per heavy atom. The van der Waals surface area contributed by atoms with Crippen molar-refractivity contribution in [1.29, 1.82) is 0 Å². The van der Waals surface area contributed by atoms with Crippen LogP contribution in [-0.2, 0) is 11.2 Å². The minimum atomic E-state index is -0.368. The molecule has 2 amide bonds. The molecule has 3 aromatic rings. The zero-order valence-corrected chi connectivity index (χ0v) is 16.5. The maximum Gasteiger partial charge on any atom is 0.293 e. The van der Waals surface area contributed by atoms with E-state index in [4.69, 9.17) is 4.42 Å². The van der Waals surface area contributed by atoms with E-state index in [0.717, 1.165) is 5.56 Å². The van der Waals surface area contributed by atoms with Gasteiger partial charge in [0.15, 0.2) is 10.9 Å². The SMILES string of the molecule is CN(C)C(CNC(=O)Cc1csc(NC(=O)c2ccco2)n1)c1ccccc1. The Kier molecular flexibility index (Phi) is 6.57. The molecule has 0 saturated carbocycles. The van der Waals surface area contributed by atoms with E-state index in [1.807, 2.05) is 44.4 Å². The number of nitrogens with zero attached hydrogens (tertiary/aromatic N) is 2. The molecular weight excluding hydrogens is 376 g/mol. The number of thiazole rings is 1. The number of furan rings is 1. The summed E-state index contributed by atoms with van der Waals surface area (Å²) in [6.45, 7) is 0.502. The van der Waals surface area contributed by atoms with Crippen molar-refractivity contribution in [3.8, 4) is 0 Å². The third kappa shape index (κ3) is 5.28. The topological polar surface area (TPSA) is 87.5 Å². The fourth-order valence-corrected chi connectivity index (χ4v) is 3.43. The van der Waals surface area contributed by atoms with Crippen LogP contribution in [0.25, 0.3) is 0 Å². The number of carbonyl (C=O) groups excluding carboxylic acids is 2. The Labute approximate surface area is 167 Å². The van der Waals surface area contributed by atoms with E-state index in [9.17, 15) is 9.59 Å². The molecular formula is C20H22N4O3S. The molecule has 0 radical (unpaired) electrons. The van der Waals surface area contributed by atoms with Gasteiger partial charge in [0.2, 0.25) is 5.91 Å².